The summed E-state index contributed by atoms with van der Waals surface area (Å²) >= 11 is 0. The van der Waals surface area contributed by atoms with Gasteiger partial charge in [0.1, 0.15) is 17.4 Å². The van der Waals surface area contributed by atoms with E-state index in [4.69, 9.17) is 9.68 Å². The van der Waals surface area contributed by atoms with Crippen molar-refractivity contribution in [3.05, 3.63) is 29.7 Å². The molecule has 1 rings (SSSR count). The second kappa shape index (κ2) is 7.30. The number of hydrogen-bond acceptors (Lipinski definition) is 4. The number of hydrogen-bond donors (Lipinski definition) is 2. The minimum absolute atomic E-state index is 0.0475. The van der Waals surface area contributed by atoms with Crippen molar-refractivity contribution in [2.45, 2.75) is 25.9 Å². The van der Waals surface area contributed by atoms with Crippen LogP contribution in [0.3, 0.4) is 0 Å². The van der Waals surface area contributed by atoms with Crippen molar-refractivity contribution in [3.63, 3.8) is 0 Å². The maximum absolute atomic E-state index is 11.7. The Morgan fingerprint density at radius 2 is 2.50 bits per heavy atom. The minimum Gasteiger partial charge on any atom is -0.465 e. The summed E-state index contributed by atoms with van der Waals surface area (Å²) < 4.78 is 5.02. The lowest BCUT2D eigenvalue weighted by atomic mass is 10.2. The average molecular weight is 248 g/mol. The lowest BCUT2D eigenvalue weighted by Crippen LogP contribution is -2.32. The van der Waals surface area contributed by atoms with E-state index in [0.717, 1.165) is 6.42 Å². The third-order valence-electron chi connectivity index (χ3n) is 2.31. The second-order valence-corrected chi connectivity index (χ2v) is 3.84. The Labute approximate surface area is 106 Å². The van der Waals surface area contributed by atoms with E-state index in [9.17, 15) is 9.90 Å². The molecule has 0 saturated heterocycles. The van der Waals surface area contributed by atoms with Crippen LogP contribution in [0.2, 0.25) is 0 Å². The Kier molecular flexibility index (Phi) is 5.68. The van der Waals surface area contributed by atoms with Gasteiger partial charge in [-0.3, -0.25) is 4.79 Å². The van der Waals surface area contributed by atoms with Gasteiger partial charge in [-0.2, -0.15) is 5.26 Å². The van der Waals surface area contributed by atoms with Crippen molar-refractivity contribution in [2.75, 3.05) is 6.54 Å². The van der Waals surface area contributed by atoms with E-state index < -0.39 is 12.0 Å². The van der Waals surface area contributed by atoms with Crippen molar-refractivity contribution >= 4 is 12.0 Å². The lowest BCUT2D eigenvalue weighted by molar-refractivity contribution is -0.117. The quantitative estimate of drug-likeness (QED) is 0.589. The van der Waals surface area contributed by atoms with Crippen molar-refractivity contribution in [3.8, 4) is 6.07 Å². The number of nitrogens with zero attached hydrogens (tertiary/aromatic N) is 1. The predicted octanol–water partition coefficient (Wildman–Crippen LogP) is 1.46. The molecule has 0 saturated carbocycles. The number of aliphatic hydroxyl groups excluding tert-OH is 1. The highest BCUT2D eigenvalue weighted by Crippen LogP contribution is 2.07. The number of furan rings is 1. The fourth-order valence-electron chi connectivity index (χ4n) is 1.41. The summed E-state index contributed by atoms with van der Waals surface area (Å²) in [5, 5.41) is 20.9. The van der Waals surface area contributed by atoms with Crippen LogP contribution in [0.1, 0.15) is 25.5 Å². The molecule has 1 atom stereocenters. The maximum atomic E-state index is 11.7. The molecule has 18 heavy (non-hydrogen) atoms. The van der Waals surface area contributed by atoms with Crippen LogP contribution in [0.15, 0.2) is 28.4 Å². The van der Waals surface area contributed by atoms with Gasteiger partial charge in [-0.1, -0.05) is 13.3 Å². The number of nitriles is 1. The van der Waals surface area contributed by atoms with Crippen LogP contribution < -0.4 is 5.32 Å². The van der Waals surface area contributed by atoms with Crippen molar-refractivity contribution in [1.29, 1.82) is 5.26 Å². The van der Waals surface area contributed by atoms with Gasteiger partial charge in [-0.25, -0.2) is 0 Å². The zero-order valence-corrected chi connectivity index (χ0v) is 10.2. The largest absolute Gasteiger partial charge is 0.465 e. The summed E-state index contributed by atoms with van der Waals surface area (Å²) in [5.41, 5.74) is -0.0475. The summed E-state index contributed by atoms with van der Waals surface area (Å²) in [6.45, 7) is 2.09. The molecule has 1 aromatic rings. The fourth-order valence-corrected chi connectivity index (χ4v) is 1.41. The predicted molar refractivity (Wildman–Crippen MR) is 66.2 cm³/mol. The molecule has 5 nitrogen and oxygen atoms in total. The molecule has 0 aliphatic rings. The van der Waals surface area contributed by atoms with E-state index in [-0.39, 0.29) is 12.1 Å². The van der Waals surface area contributed by atoms with Crippen LogP contribution >= 0.6 is 0 Å². The topological polar surface area (TPSA) is 86.3 Å². The molecule has 0 fully saturated rings. The number of carbonyl (C=O) groups is 1. The van der Waals surface area contributed by atoms with Gasteiger partial charge in [0, 0.05) is 12.6 Å². The summed E-state index contributed by atoms with van der Waals surface area (Å²) in [6.07, 6.45) is 3.70. The lowest BCUT2D eigenvalue weighted by Gasteiger charge is -2.09. The molecule has 0 spiro atoms. The van der Waals surface area contributed by atoms with E-state index >= 15 is 0 Å². The molecule has 1 heterocycles. The Bertz CT molecular complexity index is 443. The number of rotatable bonds is 6. The van der Waals surface area contributed by atoms with Crippen molar-refractivity contribution in [2.24, 2.45) is 0 Å². The third-order valence-corrected chi connectivity index (χ3v) is 2.31. The molecule has 0 aliphatic carbocycles. The Hall–Kier alpha value is -2.06. The van der Waals surface area contributed by atoms with E-state index in [2.05, 4.69) is 5.32 Å². The maximum Gasteiger partial charge on any atom is 0.262 e. The monoisotopic (exact) mass is 248 g/mol. The summed E-state index contributed by atoms with van der Waals surface area (Å²) in [6, 6.07) is 5.12. The molecule has 1 amide bonds. The summed E-state index contributed by atoms with van der Waals surface area (Å²) in [4.78, 5) is 11.7. The highest BCUT2D eigenvalue weighted by atomic mass is 16.3. The van der Waals surface area contributed by atoms with Gasteiger partial charge in [0.25, 0.3) is 5.91 Å². The highest BCUT2D eigenvalue weighted by Gasteiger charge is 2.11. The standard InChI is InChI=1S/C13H16N2O3/c1-2-4-11(16)9-15-13(17)10(8-14)7-12-5-3-6-18-12/h3,5-7,11,16H,2,4,9H2,1H3,(H,15,17)/b10-7+. The Balaban J connectivity index is 2.56. The molecule has 0 radical (unpaired) electrons. The van der Waals surface area contributed by atoms with Crippen LogP contribution in [-0.4, -0.2) is 23.7 Å². The molecule has 0 aromatic carbocycles. The first-order valence-electron chi connectivity index (χ1n) is 5.79. The van der Waals surface area contributed by atoms with Gasteiger partial charge >= 0.3 is 0 Å². The molecular formula is C13H16N2O3. The highest BCUT2D eigenvalue weighted by molar-refractivity contribution is 6.01. The van der Waals surface area contributed by atoms with Crippen LogP contribution in [-0.2, 0) is 4.79 Å². The number of aliphatic hydroxyl groups is 1. The van der Waals surface area contributed by atoms with Crippen molar-refractivity contribution in [1.82, 2.24) is 5.32 Å². The average Bonchev–Trinajstić information content (AvgIpc) is 2.86. The van der Waals surface area contributed by atoms with Gasteiger partial charge < -0.3 is 14.8 Å². The molecule has 1 unspecified atom stereocenters. The van der Waals surface area contributed by atoms with E-state index in [0.29, 0.717) is 12.2 Å². The molecule has 96 valence electrons. The SMILES string of the molecule is CCCC(O)CNC(=O)/C(C#N)=C/c1ccco1. The summed E-state index contributed by atoms with van der Waals surface area (Å²) in [5.74, 6) is -0.0696. The zero-order chi connectivity index (χ0) is 13.4. The summed E-state index contributed by atoms with van der Waals surface area (Å²) in [7, 11) is 0. The van der Waals surface area contributed by atoms with Crippen LogP contribution in [0.25, 0.3) is 6.08 Å². The number of nitrogens with one attached hydrogen (secondary N) is 1. The first-order chi connectivity index (χ1) is 8.67. The first-order valence-corrected chi connectivity index (χ1v) is 5.79. The zero-order valence-electron chi connectivity index (χ0n) is 10.2. The van der Waals surface area contributed by atoms with Crippen LogP contribution in [0.4, 0.5) is 0 Å². The molecule has 1 aromatic heterocycles. The Morgan fingerprint density at radius 3 is 3.06 bits per heavy atom. The van der Waals surface area contributed by atoms with Crippen molar-refractivity contribution < 1.29 is 14.3 Å². The van der Waals surface area contributed by atoms with Gasteiger partial charge in [-0.05, 0) is 18.6 Å². The number of amides is 1. The number of carbonyl (C=O) groups excluding carboxylic acids is 1. The van der Waals surface area contributed by atoms with E-state index in [1.165, 1.54) is 12.3 Å². The van der Waals surface area contributed by atoms with Gasteiger partial charge in [0.2, 0.25) is 0 Å². The fraction of sp³-hybridized carbons (Fsp3) is 0.385. The van der Waals surface area contributed by atoms with E-state index in [1.54, 1.807) is 18.2 Å². The van der Waals surface area contributed by atoms with Gasteiger partial charge in [-0.15, -0.1) is 0 Å². The van der Waals surface area contributed by atoms with E-state index in [1.807, 2.05) is 6.92 Å². The molecule has 0 aliphatic heterocycles. The second-order valence-electron chi connectivity index (χ2n) is 3.84. The Morgan fingerprint density at radius 1 is 1.72 bits per heavy atom. The van der Waals surface area contributed by atoms with Gasteiger partial charge in [0.15, 0.2) is 0 Å². The molecule has 0 bridgehead atoms. The molecule has 5 heteroatoms. The van der Waals surface area contributed by atoms with Gasteiger partial charge in [0.05, 0.1) is 12.4 Å². The first kappa shape index (κ1) is 14.0. The molecular weight excluding hydrogens is 232 g/mol. The molecule has 2 N–H and O–H groups in total. The van der Waals surface area contributed by atoms with Crippen LogP contribution in [0.5, 0.6) is 0 Å². The van der Waals surface area contributed by atoms with Crippen LogP contribution in [0, 0.1) is 11.3 Å². The minimum atomic E-state index is -0.581. The third kappa shape index (κ3) is 4.44. The normalized spacial score (nSPS) is 12.8. The smallest absolute Gasteiger partial charge is 0.262 e.